The van der Waals surface area contributed by atoms with Crippen molar-refractivity contribution in [2.45, 2.75) is 25.9 Å². The lowest BCUT2D eigenvalue weighted by Crippen LogP contribution is -2.31. The van der Waals surface area contributed by atoms with E-state index in [1.807, 2.05) is 0 Å². The second-order valence-corrected chi connectivity index (χ2v) is 5.55. The molecule has 1 saturated heterocycles. The molecule has 1 aliphatic heterocycles. The van der Waals surface area contributed by atoms with Gasteiger partial charge in [-0.25, -0.2) is 4.79 Å². The zero-order valence-electron chi connectivity index (χ0n) is 13.1. The van der Waals surface area contributed by atoms with Crippen molar-refractivity contribution in [3.8, 4) is 0 Å². The number of nitrogens with one attached hydrogen (secondary N) is 2. The average Bonchev–Trinajstić information content (AvgIpc) is 3.21. The maximum absolute atomic E-state index is 12.2. The summed E-state index contributed by atoms with van der Waals surface area (Å²) < 4.78 is 10.5. The SMILES string of the molecule is CCOC(=O)c1cc2cc(C(=O)NCC3CCCO3)ccc2[nH]1. The third-order valence-electron chi connectivity index (χ3n) is 3.89. The van der Waals surface area contributed by atoms with Crippen LogP contribution in [0.25, 0.3) is 10.9 Å². The smallest absolute Gasteiger partial charge is 0.354 e. The Bertz CT molecular complexity index is 716. The molecule has 6 heteroatoms. The average molecular weight is 316 g/mol. The van der Waals surface area contributed by atoms with Crippen molar-refractivity contribution in [3.05, 3.63) is 35.5 Å². The number of aromatic amines is 1. The van der Waals surface area contributed by atoms with Gasteiger partial charge in [-0.15, -0.1) is 0 Å². The van der Waals surface area contributed by atoms with E-state index in [9.17, 15) is 9.59 Å². The zero-order valence-corrected chi connectivity index (χ0v) is 13.1. The molecule has 1 atom stereocenters. The molecule has 0 aliphatic carbocycles. The van der Waals surface area contributed by atoms with Crippen LogP contribution in [0, 0.1) is 0 Å². The summed E-state index contributed by atoms with van der Waals surface area (Å²) in [7, 11) is 0. The highest BCUT2D eigenvalue weighted by Gasteiger charge is 2.17. The number of ether oxygens (including phenoxy) is 2. The minimum Gasteiger partial charge on any atom is -0.461 e. The molecule has 1 aromatic heterocycles. The minimum atomic E-state index is -0.395. The van der Waals surface area contributed by atoms with Crippen LogP contribution in [0.1, 0.15) is 40.6 Å². The fourth-order valence-corrected chi connectivity index (χ4v) is 2.71. The number of benzene rings is 1. The molecule has 2 aromatic rings. The molecular formula is C17H20N2O4. The van der Waals surface area contributed by atoms with Gasteiger partial charge in [0.2, 0.25) is 0 Å². The van der Waals surface area contributed by atoms with Crippen LogP contribution in [-0.4, -0.2) is 42.7 Å². The molecule has 1 aliphatic rings. The van der Waals surface area contributed by atoms with Crippen LogP contribution in [0.5, 0.6) is 0 Å². The Kier molecular flexibility index (Phi) is 4.62. The van der Waals surface area contributed by atoms with Gasteiger partial charge in [-0.1, -0.05) is 0 Å². The summed E-state index contributed by atoms with van der Waals surface area (Å²) in [5.41, 5.74) is 1.74. The predicted molar refractivity (Wildman–Crippen MR) is 85.6 cm³/mol. The second-order valence-electron chi connectivity index (χ2n) is 5.55. The summed E-state index contributed by atoms with van der Waals surface area (Å²) >= 11 is 0. The third-order valence-corrected chi connectivity index (χ3v) is 3.89. The van der Waals surface area contributed by atoms with Gasteiger partial charge in [-0.05, 0) is 44.0 Å². The third kappa shape index (κ3) is 3.53. The van der Waals surface area contributed by atoms with Gasteiger partial charge >= 0.3 is 5.97 Å². The molecule has 2 N–H and O–H groups in total. The Morgan fingerprint density at radius 1 is 1.39 bits per heavy atom. The van der Waals surface area contributed by atoms with Crippen molar-refractivity contribution in [2.24, 2.45) is 0 Å². The Morgan fingerprint density at radius 2 is 2.26 bits per heavy atom. The van der Waals surface area contributed by atoms with Crippen LogP contribution in [0.3, 0.4) is 0 Å². The Hall–Kier alpha value is -2.34. The van der Waals surface area contributed by atoms with Crippen molar-refractivity contribution in [2.75, 3.05) is 19.8 Å². The molecule has 1 unspecified atom stereocenters. The van der Waals surface area contributed by atoms with E-state index in [0.29, 0.717) is 24.4 Å². The predicted octanol–water partition coefficient (Wildman–Crippen LogP) is 2.25. The van der Waals surface area contributed by atoms with E-state index in [2.05, 4.69) is 10.3 Å². The number of aromatic nitrogens is 1. The van der Waals surface area contributed by atoms with Crippen LogP contribution < -0.4 is 5.32 Å². The zero-order chi connectivity index (χ0) is 16.2. The summed E-state index contributed by atoms with van der Waals surface area (Å²) in [5.74, 6) is -0.533. The molecule has 0 spiro atoms. The standard InChI is InChI=1S/C17H20N2O4/c1-2-22-17(21)15-9-12-8-11(5-6-14(12)19-15)16(20)18-10-13-4-3-7-23-13/h5-6,8-9,13,19H,2-4,7,10H2,1H3,(H,18,20). The van der Waals surface area contributed by atoms with Crippen LogP contribution in [0.15, 0.2) is 24.3 Å². The molecule has 1 amide bonds. The van der Waals surface area contributed by atoms with E-state index >= 15 is 0 Å². The van der Waals surface area contributed by atoms with Gasteiger partial charge < -0.3 is 19.8 Å². The monoisotopic (exact) mass is 316 g/mol. The first-order chi connectivity index (χ1) is 11.2. The minimum absolute atomic E-state index is 0.116. The highest BCUT2D eigenvalue weighted by atomic mass is 16.5. The molecular weight excluding hydrogens is 296 g/mol. The fraction of sp³-hybridized carbons (Fsp3) is 0.412. The van der Waals surface area contributed by atoms with Crippen LogP contribution in [0.4, 0.5) is 0 Å². The molecule has 6 nitrogen and oxygen atoms in total. The summed E-state index contributed by atoms with van der Waals surface area (Å²) in [6.45, 7) is 3.38. The summed E-state index contributed by atoms with van der Waals surface area (Å²) in [6.07, 6.45) is 2.15. The van der Waals surface area contributed by atoms with Crippen molar-refractivity contribution in [1.82, 2.24) is 10.3 Å². The summed E-state index contributed by atoms with van der Waals surface area (Å²) in [6, 6.07) is 6.99. The lowest BCUT2D eigenvalue weighted by Gasteiger charge is -2.10. The van der Waals surface area contributed by atoms with E-state index in [4.69, 9.17) is 9.47 Å². The number of amides is 1. The van der Waals surface area contributed by atoms with Crippen molar-refractivity contribution < 1.29 is 19.1 Å². The normalized spacial score (nSPS) is 17.3. The first-order valence-corrected chi connectivity index (χ1v) is 7.87. The maximum atomic E-state index is 12.2. The Morgan fingerprint density at radius 3 is 3.00 bits per heavy atom. The van der Waals surface area contributed by atoms with E-state index in [1.54, 1.807) is 31.2 Å². The number of carbonyl (C=O) groups is 2. The molecule has 23 heavy (non-hydrogen) atoms. The van der Waals surface area contributed by atoms with Gasteiger partial charge in [0.05, 0.1) is 12.7 Å². The molecule has 0 radical (unpaired) electrons. The van der Waals surface area contributed by atoms with Gasteiger partial charge in [-0.2, -0.15) is 0 Å². The second kappa shape index (κ2) is 6.83. The molecule has 3 rings (SSSR count). The van der Waals surface area contributed by atoms with Crippen LogP contribution in [0.2, 0.25) is 0 Å². The first-order valence-electron chi connectivity index (χ1n) is 7.87. The first kappa shape index (κ1) is 15.6. The van der Waals surface area contributed by atoms with Gasteiger partial charge in [-0.3, -0.25) is 4.79 Å². The van der Waals surface area contributed by atoms with E-state index < -0.39 is 5.97 Å². The number of H-pyrrole nitrogens is 1. The molecule has 1 fully saturated rings. The number of hydrogen-bond donors (Lipinski definition) is 2. The number of carbonyl (C=O) groups excluding carboxylic acids is 2. The van der Waals surface area contributed by atoms with Gasteiger partial charge in [0, 0.05) is 29.6 Å². The largest absolute Gasteiger partial charge is 0.461 e. The Labute approximate surface area is 134 Å². The van der Waals surface area contributed by atoms with Crippen molar-refractivity contribution in [1.29, 1.82) is 0 Å². The number of hydrogen-bond acceptors (Lipinski definition) is 4. The van der Waals surface area contributed by atoms with E-state index in [0.717, 1.165) is 30.4 Å². The molecule has 0 bridgehead atoms. The lowest BCUT2D eigenvalue weighted by molar-refractivity contribution is 0.0520. The highest BCUT2D eigenvalue weighted by Crippen LogP contribution is 2.18. The fourth-order valence-electron chi connectivity index (χ4n) is 2.71. The van der Waals surface area contributed by atoms with Crippen LogP contribution >= 0.6 is 0 Å². The topological polar surface area (TPSA) is 80.4 Å². The molecule has 1 aromatic carbocycles. The maximum Gasteiger partial charge on any atom is 0.354 e. The summed E-state index contributed by atoms with van der Waals surface area (Å²) in [4.78, 5) is 27.0. The number of rotatable bonds is 5. The molecule has 122 valence electrons. The number of fused-ring (bicyclic) bond motifs is 1. The van der Waals surface area contributed by atoms with E-state index in [1.165, 1.54) is 0 Å². The highest BCUT2D eigenvalue weighted by molar-refractivity contribution is 6.00. The molecule has 2 heterocycles. The van der Waals surface area contributed by atoms with Gasteiger partial charge in [0.15, 0.2) is 0 Å². The van der Waals surface area contributed by atoms with E-state index in [-0.39, 0.29) is 12.0 Å². The quantitative estimate of drug-likeness (QED) is 0.829. The van der Waals surface area contributed by atoms with Gasteiger partial charge in [0.1, 0.15) is 5.69 Å². The summed E-state index contributed by atoms with van der Waals surface area (Å²) in [5, 5.41) is 3.69. The van der Waals surface area contributed by atoms with Crippen molar-refractivity contribution >= 4 is 22.8 Å². The Balaban J connectivity index is 1.71. The number of esters is 1. The van der Waals surface area contributed by atoms with Gasteiger partial charge in [0.25, 0.3) is 5.91 Å². The molecule has 0 saturated carbocycles. The van der Waals surface area contributed by atoms with Crippen LogP contribution in [-0.2, 0) is 9.47 Å². The lowest BCUT2D eigenvalue weighted by atomic mass is 10.1. The van der Waals surface area contributed by atoms with Crippen molar-refractivity contribution in [3.63, 3.8) is 0 Å².